The second-order valence-corrected chi connectivity index (χ2v) is 9.35. The summed E-state index contributed by atoms with van der Waals surface area (Å²) < 4.78 is 12.6. The molecule has 0 spiro atoms. The Morgan fingerprint density at radius 2 is 1.76 bits per heavy atom. The van der Waals surface area contributed by atoms with Gasteiger partial charge in [-0.15, -0.1) is 0 Å². The van der Waals surface area contributed by atoms with E-state index in [-0.39, 0.29) is 5.91 Å². The number of nitrogens with zero attached hydrogens (tertiary/aromatic N) is 2. The van der Waals surface area contributed by atoms with Crippen molar-refractivity contribution in [1.82, 2.24) is 4.90 Å². The third kappa shape index (κ3) is 6.06. The number of hydrogen-bond acceptors (Lipinski definition) is 4. The third-order valence-corrected chi connectivity index (χ3v) is 6.43. The summed E-state index contributed by atoms with van der Waals surface area (Å²) in [6.45, 7) is 4.13. The number of rotatable bonds is 7. The van der Waals surface area contributed by atoms with Crippen LogP contribution >= 0.6 is 15.9 Å². The summed E-state index contributed by atoms with van der Waals surface area (Å²) in [6.07, 6.45) is 5.21. The van der Waals surface area contributed by atoms with Gasteiger partial charge in [0.2, 0.25) is 0 Å². The Hall–Kier alpha value is -3.12. The summed E-state index contributed by atoms with van der Waals surface area (Å²) >= 11 is 3.48. The predicted octanol–water partition coefficient (Wildman–Crippen LogP) is 6.72. The number of likely N-dealkylation sites (tertiary alicyclic amines) is 1. The molecule has 1 aliphatic rings. The van der Waals surface area contributed by atoms with E-state index in [0.29, 0.717) is 18.1 Å². The van der Waals surface area contributed by atoms with Crippen molar-refractivity contribution in [3.05, 3.63) is 87.4 Å². The van der Waals surface area contributed by atoms with Crippen LogP contribution in [0.4, 0.5) is 5.69 Å². The molecule has 1 saturated heterocycles. The third-order valence-electron chi connectivity index (χ3n) is 5.94. The number of amides is 1. The Labute approximate surface area is 209 Å². The Morgan fingerprint density at radius 1 is 1.00 bits per heavy atom. The number of benzene rings is 3. The maximum Gasteiger partial charge on any atom is 0.253 e. The van der Waals surface area contributed by atoms with Crippen LogP contribution in [-0.4, -0.2) is 37.2 Å². The van der Waals surface area contributed by atoms with E-state index in [9.17, 15) is 4.79 Å². The van der Waals surface area contributed by atoms with Gasteiger partial charge in [-0.1, -0.05) is 28.1 Å². The number of hydrogen-bond donors (Lipinski definition) is 0. The highest BCUT2D eigenvalue weighted by Crippen LogP contribution is 2.29. The molecule has 0 bridgehead atoms. The molecule has 0 aromatic heterocycles. The molecule has 176 valence electrons. The standard InChI is InChI=1S/C28H29BrN2O3/c1-20-16-24(29)11-12-25(20)30-18-22-8-13-26(27(17-22)33-2)34-19-21-6-9-23(10-7-21)28(32)31-14-4-3-5-15-31/h6-13,16-18H,3-5,14-15,19H2,1-2H3. The first kappa shape index (κ1) is 24.0. The number of carbonyl (C=O) groups excluding carboxylic acids is 1. The molecule has 4 rings (SSSR count). The maximum atomic E-state index is 12.6. The van der Waals surface area contributed by atoms with Crippen molar-refractivity contribution in [1.29, 1.82) is 0 Å². The van der Waals surface area contributed by atoms with E-state index in [1.54, 1.807) is 7.11 Å². The van der Waals surface area contributed by atoms with Gasteiger partial charge in [0.05, 0.1) is 12.8 Å². The number of halogens is 1. The zero-order valence-electron chi connectivity index (χ0n) is 19.6. The van der Waals surface area contributed by atoms with Gasteiger partial charge in [-0.25, -0.2) is 0 Å². The van der Waals surface area contributed by atoms with Gasteiger partial charge < -0.3 is 14.4 Å². The molecule has 0 N–H and O–H groups in total. The molecule has 3 aromatic carbocycles. The fraction of sp³-hybridized carbons (Fsp3) is 0.286. The van der Waals surface area contributed by atoms with Crippen LogP contribution in [0.3, 0.4) is 0 Å². The zero-order chi connectivity index (χ0) is 23.9. The van der Waals surface area contributed by atoms with Crippen molar-refractivity contribution in [3.8, 4) is 11.5 Å². The van der Waals surface area contributed by atoms with E-state index in [4.69, 9.17) is 9.47 Å². The smallest absolute Gasteiger partial charge is 0.253 e. The van der Waals surface area contributed by atoms with Crippen molar-refractivity contribution in [2.24, 2.45) is 4.99 Å². The van der Waals surface area contributed by atoms with Gasteiger partial charge in [0, 0.05) is 29.3 Å². The van der Waals surface area contributed by atoms with Gasteiger partial charge in [-0.2, -0.15) is 0 Å². The fourth-order valence-corrected chi connectivity index (χ4v) is 4.45. The fourth-order valence-electron chi connectivity index (χ4n) is 3.98. The van der Waals surface area contributed by atoms with Gasteiger partial charge >= 0.3 is 0 Å². The highest BCUT2D eigenvalue weighted by molar-refractivity contribution is 9.10. The molecule has 3 aromatic rings. The van der Waals surface area contributed by atoms with Crippen molar-refractivity contribution >= 4 is 33.7 Å². The molecule has 1 amide bonds. The maximum absolute atomic E-state index is 12.6. The van der Waals surface area contributed by atoms with E-state index in [1.807, 2.05) is 78.7 Å². The lowest BCUT2D eigenvalue weighted by Gasteiger charge is -2.26. The van der Waals surface area contributed by atoms with E-state index in [0.717, 1.165) is 58.3 Å². The SMILES string of the molecule is COc1cc(C=Nc2ccc(Br)cc2C)ccc1OCc1ccc(C(=O)N2CCCCC2)cc1. The van der Waals surface area contributed by atoms with Crippen LogP contribution in [0.5, 0.6) is 11.5 Å². The van der Waals surface area contributed by atoms with E-state index in [2.05, 4.69) is 20.9 Å². The van der Waals surface area contributed by atoms with Gasteiger partial charge in [-0.3, -0.25) is 9.79 Å². The van der Waals surface area contributed by atoms with E-state index >= 15 is 0 Å². The molecule has 0 saturated carbocycles. The van der Waals surface area contributed by atoms with Crippen LogP contribution in [0.1, 0.15) is 46.3 Å². The van der Waals surface area contributed by atoms with E-state index in [1.165, 1.54) is 6.42 Å². The summed E-state index contributed by atoms with van der Waals surface area (Å²) in [5.41, 5.74) is 4.67. The summed E-state index contributed by atoms with van der Waals surface area (Å²) in [6, 6.07) is 19.4. The second kappa shape index (κ2) is 11.3. The minimum Gasteiger partial charge on any atom is -0.493 e. The van der Waals surface area contributed by atoms with E-state index < -0.39 is 0 Å². The van der Waals surface area contributed by atoms with Crippen LogP contribution in [-0.2, 0) is 6.61 Å². The lowest BCUT2D eigenvalue weighted by Crippen LogP contribution is -2.35. The minimum atomic E-state index is 0.115. The number of aliphatic imine (C=N–C) groups is 1. The van der Waals surface area contributed by atoms with Gasteiger partial charge in [0.15, 0.2) is 11.5 Å². The molecule has 5 nitrogen and oxygen atoms in total. The summed E-state index contributed by atoms with van der Waals surface area (Å²) in [5, 5.41) is 0. The lowest BCUT2D eigenvalue weighted by atomic mass is 10.1. The number of carbonyl (C=O) groups is 1. The first-order chi connectivity index (χ1) is 16.5. The largest absolute Gasteiger partial charge is 0.493 e. The van der Waals surface area contributed by atoms with Crippen LogP contribution in [0.25, 0.3) is 0 Å². The number of aryl methyl sites for hydroxylation is 1. The Morgan fingerprint density at radius 3 is 2.47 bits per heavy atom. The first-order valence-electron chi connectivity index (χ1n) is 11.5. The zero-order valence-corrected chi connectivity index (χ0v) is 21.2. The van der Waals surface area contributed by atoms with Crippen molar-refractivity contribution in [2.45, 2.75) is 32.8 Å². The summed E-state index contributed by atoms with van der Waals surface area (Å²) in [4.78, 5) is 19.2. The molecule has 1 aliphatic heterocycles. The van der Waals surface area contributed by atoms with Gasteiger partial charge in [0.1, 0.15) is 6.61 Å². The molecule has 0 aliphatic carbocycles. The molecule has 1 fully saturated rings. The summed E-state index contributed by atoms with van der Waals surface area (Å²) in [7, 11) is 1.63. The molecule has 0 atom stereocenters. The van der Waals surface area contributed by atoms with Crippen LogP contribution < -0.4 is 9.47 Å². The lowest BCUT2D eigenvalue weighted by molar-refractivity contribution is 0.0724. The van der Waals surface area contributed by atoms with Gasteiger partial charge in [-0.05, 0) is 91.4 Å². The Bertz CT molecular complexity index is 1170. The number of methoxy groups -OCH3 is 1. The minimum absolute atomic E-state index is 0.115. The van der Waals surface area contributed by atoms with Crippen LogP contribution in [0.2, 0.25) is 0 Å². The molecule has 1 heterocycles. The number of piperidine rings is 1. The Balaban J connectivity index is 1.39. The molecule has 34 heavy (non-hydrogen) atoms. The summed E-state index contributed by atoms with van der Waals surface area (Å²) in [5.74, 6) is 1.42. The Kier molecular flexibility index (Phi) is 8.01. The second-order valence-electron chi connectivity index (χ2n) is 8.44. The van der Waals surface area contributed by atoms with Crippen LogP contribution in [0, 0.1) is 6.92 Å². The monoisotopic (exact) mass is 520 g/mol. The molecule has 6 heteroatoms. The van der Waals surface area contributed by atoms with Crippen LogP contribution in [0.15, 0.2) is 70.1 Å². The highest BCUT2D eigenvalue weighted by atomic mass is 79.9. The average molecular weight is 521 g/mol. The molecular weight excluding hydrogens is 492 g/mol. The quantitative estimate of drug-likeness (QED) is 0.325. The number of ether oxygens (including phenoxy) is 2. The molecular formula is C28H29BrN2O3. The predicted molar refractivity (Wildman–Crippen MR) is 140 cm³/mol. The molecule has 0 radical (unpaired) electrons. The average Bonchev–Trinajstić information content (AvgIpc) is 2.87. The topological polar surface area (TPSA) is 51.1 Å². The normalized spacial score (nSPS) is 13.8. The van der Waals surface area contributed by atoms with Crippen molar-refractivity contribution in [2.75, 3.05) is 20.2 Å². The molecule has 0 unspecified atom stereocenters. The first-order valence-corrected chi connectivity index (χ1v) is 12.3. The van der Waals surface area contributed by atoms with Crippen molar-refractivity contribution < 1.29 is 14.3 Å². The van der Waals surface area contributed by atoms with Crippen molar-refractivity contribution in [3.63, 3.8) is 0 Å². The highest BCUT2D eigenvalue weighted by Gasteiger charge is 2.18. The van der Waals surface area contributed by atoms with Gasteiger partial charge in [0.25, 0.3) is 5.91 Å².